The maximum atomic E-state index is 6.04. The molecule has 102 valence electrons. The van der Waals surface area contributed by atoms with Crippen LogP contribution in [0.3, 0.4) is 0 Å². The zero-order valence-electron chi connectivity index (χ0n) is 11.4. The molecule has 0 saturated heterocycles. The number of nitrogens with one attached hydrogen (secondary N) is 1. The number of nitrogens with zero attached hydrogens (tertiary/aromatic N) is 1. The highest BCUT2D eigenvalue weighted by Gasteiger charge is 2.16. The third-order valence-corrected chi connectivity index (χ3v) is 3.54. The molecule has 0 aliphatic carbocycles. The number of aryl methyl sites for hydroxylation is 1. The van der Waals surface area contributed by atoms with Gasteiger partial charge in [-0.1, -0.05) is 37.1 Å². The van der Waals surface area contributed by atoms with Gasteiger partial charge in [0, 0.05) is 28.7 Å². The van der Waals surface area contributed by atoms with Crippen LogP contribution in [0.5, 0.6) is 0 Å². The lowest BCUT2D eigenvalue weighted by molar-refractivity contribution is 0.594. The van der Waals surface area contributed by atoms with Crippen LogP contribution in [-0.4, -0.2) is 16.5 Å². The molecule has 3 N–H and O–H groups in total. The maximum Gasteiger partial charge on any atom is 0.111 e. The fraction of sp³-hybridized carbons (Fsp3) is 0.400. The van der Waals surface area contributed by atoms with Crippen molar-refractivity contribution in [2.24, 2.45) is 5.73 Å². The molecule has 0 saturated carbocycles. The van der Waals surface area contributed by atoms with Gasteiger partial charge in [0.2, 0.25) is 0 Å². The van der Waals surface area contributed by atoms with Gasteiger partial charge >= 0.3 is 0 Å². The van der Waals surface area contributed by atoms with Crippen LogP contribution >= 0.6 is 11.6 Å². The highest BCUT2D eigenvalue weighted by atomic mass is 35.5. The summed E-state index contributed by atoms with van der Waals surface area (Å²) in [5.74, 6) is 1.29. The lowest BCUT2D eigenvalue weighted by atomic mass is 10.0. The normalized spacial score (nSPS) is 12.6. The van der Waals surface area contributed by atoms with Crippen LogP contribution in [0.25, 0.3) is 11.3 Å². The largest absolute Gasteiger partial charge is 0.345 e. The van der Waals surface area contributed by atoms with E-state index in [1.165, 1.54) is 0 Å². The Balaban J connectivity index is 2.35. The summed E-state index contributed by atoms with van der Waals surface area (Å²) in [5.41, 5.74) is 8.90. The Kier molecular flexibility index (Phi) is 4.61. The molecule has 0 spiro atoms. The summed E-state index contributed by atoms with van der Waals surface area (Å²) < 4.78 is 0. The average molecular weight is 278 g/mol. The summed E-state index contributed by atoms with van der Waals surface area (Å²) in [4.78, 5) is 8.08. The summed E-state index contributed by atoms with van der Waals surface area (Å²) in [5, 5.41) is 0.727. The van der Waals surface area contributed by atoms with E-state index in [1.54, 1.807) is 0 Å². The predicted octanol–water partition coefficient (Wildman–Crippen LogP) is 3.88. The van der Waals surface area contributed by atoms with Crippen LogP contribution in [0.4, 0.5) is 0 Å². The molecule has 3 nitrogen and oxygen atoms in total. The second-order valence-electron chi connectivity index (χ2n) is 4.83. The minimum Gasteiger partial charge on any atom is -0.345 e. The third-order valence-electron chi connectivity index (χ3n) is 3.31. The predicted molar refractivity (Wildman–Crippen MR) is 80.5 cm³/mol. The quantitative estimate of drug-likeness (QED) is 0.871. The molecule has 1 atom stereocenters. The van der Waals surface area contributed by atoms with E-state index in [2.05, 4.69) is 11.9 Å². The van der Waals surface area contributed by atoms with Crippen molar-refractivity contribution >= 4 is 11.6 Å². The molecular weight excluding hydrogens is 258 g/mol. The zero-order chi connectivity index (χ0) is 13.8. The SMILES string of the molecule is CCCC(CN)c1nc(-c2cccc(Cl)c2)c(C)[nH]1. The van der Waals surface area contributed by atoms with Crippen LogP contribution in [0, 0.1) is 6.92 Å². The zero-order valence-corrected chi connectivity index (χ0v) is 12.2. The number of rotatable bonds is 5. The smallest absolute Gasteiger partial charge is 0.111 e. The third kappa shape index (κ3) is 3.17. The number of hydrogen-bond acceptors (Lipinski definition) is 2. The van der Waals surface area contributed by atoms with Gasteiger partial charge in [0.15, 0.2) is 0 Å². The average Bonchev–Trinajstić information content (AvgIpc) is 2.78. The molecule has 0 aliphatic rings. The summed E-state index contributed by atoms with van der Waals surface area (Å²) in [6.07, 6.45) is 2.16. The molecule has 1 heterocycles. The first-order chi connectivity index (χ1) is 9.15. The Bertz CT molecular complexity index is 548. The van der Waals surface area contributed by atoms with Crippen LogP contribution in [-0.2, 0) is 0 Å². The Morgan fingerprint density at radius 2 is 2.21 bits per heavy atom. The van der Waals surface area contributed by atoms with Crippen LogP contribution in [0.15, 0.2) is 24.3 Å². The Labute approximate surface area is 119 Å². The molecule has 1 aromatic heterocycles. The van der Waals surface area contributed by atoms with Crippen molar-refractivity contribution in [2.75, 3.05) is 6.54 Å². The van der Waals surface area contributed by atoms with E-state index in [0.717, 1.165) is 40.6 Å². The van der Waals surface area contributed by atoms with E-state index < -0.39 is 0 Å². The Morgan fingerprint density at radius 3 is 2.84 bits per heavy atom. The van der Waals surface area contributed by atoms with Crippen molar-refractivity contribution < 1.29 is 0 Å². The van der Waals surface area contributed by atoms with Gasteiger partial charge < -0.3 is 10.7 Å². The molecule has 0 bridgehead atoms. The highest BCUT2D eigenvalue weighted by Crippen LogP contribution is 2.27. The first-order valence-corrected chi connectivity index (χ1v) is 7.06. The first-order valence-electron chi connectivity index (χ1n) is 6.68. The number of H-pyrrole nitrogens is 1. The van der Waals surface area contributed by atoms with Gasteiger partial charge in [0.05, 0.1) is 5.69 Å². The molecule has 2 aromatic rings. The molecule has 19 heavy (non-hydrogen) atoms. The van der Waals surface area contributed by atoms with Crippen molar-refractivity contribution in [1.29, 1.82) is 0 Å². The van der Waals surface area contributed by atoms with Crippen molar-refractivity contribution in [2.45, 2.75) is 32.6 Å². The molecule has 0 aliphatic heterocycles. The fourth-order valence-electron chi connectivity index (χ4n) is 2.31. The van der Waals surface area contributed by atoms with Crippen LogP contribution in [0.2, 0.25) is 5.02 Å². The van der Waals surface area contributed by atoms with Gasteiger partial charge in [-0.2, -0.15) is 0 Å². The standard InChI is InChI=1S/C15H20ClN3/c1-3-5-12(9-17)15-18-10(2)14(19-15)11-6-4-7-13(16)8-11/h4,6-8,12H,3,5,9,17H2,1-2H3,(H,18,19). The van der Waals surface area contributed by atoms with E-state index in [4.69, 9.17) is 22.3 Å². The topological polar surface area (TPSA) is 54.7 Å². The lowest BCUT2D eigenvalue weighted by Crippen LogP contribution is -2.13. The number of aromatic nitrogens is 2. The lowest BCUT2D eigenvalue weighted by Gasteiger charge is -2.09. The van der Waals surface area contributed by atoms with E-state index in [9.17, 15) is 0 Å². The molecule has 0 amide bonds. The minimum absolute atomic E-state index is 0.302. The van der Waals surface area contributed by atoms with Crippen LogP contribution < -0.4 is 5.73 Å². The van der Waals surface area contributed by atoms with Gasteiger partial charge in [-0.15, -0.1) is 0 Å². The molecule has 1 unspecified atom stereocenters. The van der Waals surface area contributed by atoms with Gasteiger partial charge in [0.1, 0.15) is 5.82 Å². The number of hydrogen-bond donors (Lipinski definition) is 2. The molecule has 0 fully saturated rings. The maximum absolute atomic E-state index is 6.04. The number of aromatic amines is 1. The fourth-order valence-corrected chi connectivity index (χ4v) is 2.50. The minimum atomic E-state index is 0.302. The first kappa shape index (κ1) is 14.1. The summed E-state index contributed by atoms with van der Waals surface area (Å²) in [6, 6.07) is 7.77. The van der Waals surface area contributed by atoms with Crippen molar-refractivity contribution in [1.82, 2.24) is 9.97 Å². The van der Waals surface area contributed by atoms with E-state index in [-0.39, 0.29) is 0 Å². The summed E-state index contributed by atoms with van der Waals surface area (Å²) in [6.45, 7) is 4.82. The van der Waals surface area contributed by atoms with Gasteiger partial charge in [-0.3, -0.25) is 0 Å². The second kappa shape index (κ2) is 6.22. The summed E-state index contributed by atoms with van der Waals surface area (Å²) in [7, 11) is 0. The highest BCUT2D eigenvalue weighted by molar-refractivity contribution is 6.30. The van der Waals surface area contributed by atoms with Crippen molar-refractivity contribution in [3.8, 4) is 11.3 Å². The molecule has 2 rings (SSSR count). The molecular formula is C15H20ClN3. The van der Waals surface area contributed by atoms with E-state index >= 15 is 0 Å². The number of halogens is 1. The Morgan fingerprint density at radius 1 is 1.42 bits per heavy atom. The van der Waals surface area contributed by atoms with Crippen molar-refractivity contribution in [3.63, 3.8) is 0 Å². The van der Waals surface area contributed by atoms with E-state index in [0.29, 0.717) is 12.5 Å². The van der Waals surface area contributed by atoms with Crippen molar-refractivity contribution in [3.05, 3.63) is 40.8 Å². The summed E-state index contributed by atoms with van der Waals surface area (Å²) >= 11 is 6.04. The van der Waals surface area contributed by atoms with Gasteiger partial charge in [0.25, 0.3) is 0 Å². The van der Waals surface area contributed by atoms with Gasteiger partial charge in [-0.05, 0) is 25.5 Å². The molecule has 4 heteroatoms. The number of imidazole rings is 1. The number of benzene rings is 1. The molecule has 0 radical (unpaired) electrons. The number of nitrogens with two attached hydrogens (primary N) is 1. The molecule has 1 aromatic carbocycles. The Hall–Kier alpha value is -1.32. The monoisotopic (exact) mass is 277 g/mol. The van der Waals surface area contributed by atoms with Crippen LogP contribution in [0.1, 0.15) is 37.2 Å². The second-order valence-corrected chi connectivity index (χ2v) is 5.26. The van der Waals surface area contributed by atoms with Gasteiger partial charge in [-0.25, -0.2) is 4.98 Å². The van der Waals surface area contributed by atoms with E-state index in [1.807, 2.05) is 31.2 Å².